The molecule has 1 saturated heterocycles. The topological polar surface area (TPSA) is 69.0 Å². The van der Waals surface area contributed by atoms with Crippen molar-refractivity contribution >= 4 is 5.95 Å². The first kappa shape index (κ1) is 21.1. The molecule has 8 heteroatoms. The van der Waals surface area contributed by atoms with Gasteiger partial charge in [0, 0.05) is 31.4 Å². The fraction of sp³-hybridized carbons (Fsp3) is 0.280. The van der Waals surface area contributed by atoms with E-state index >= 15 is 0 Å². The van der Waals surface area contributed by atoms with Crippen molar-refractivity contribution in [2.45, 2.75) is 31.9 Å². The molecule has 1 aliphatic rings. The molecule has 168 valence electrons. The van der Waals surface area contributed by atoms with Gasteiger partial charge in [0.15, 0.2) is 5.82 Å². The number of hydrogen-bond donors (Lipinski definition) is 0. The third kappa shape index (κ3) is 5.00. The van der Waals surface area contributed by atoms with E-state index in [0.717, 1.165) is 43.5 Å². The van der Waals surface area contributed by atoms with Crippen LogP contribution in [0.4, 0.5) is 10.3 Å². The van der Waals surface area contributed by atoms with Crippen LogP contribution in [0, 0.1) is 5.82 Å². The van der Waals surface area contributed by atoms with Gasteiger partial charge in [-0.25, -0.2) is 14.4 Å². The van der Waals surface area contributed by atoms with Gasteiger partial charge in [-0.2, -0.15) is 0 Å². The van der Waals surface area contributed by atoms with E-state index in [1.54, 1.807) is 24.5 Å². The van der Waals surface area contributed by atoms with Crippen LogP contribution >= 0.6 is 0 Å². The number of rotatable bonds is 7. The molecule has 1 fully saturated rings. The zero-order chi connectivity index (χ0) is 22.5. The van der Waals surface area contributed by atoms with E-state index in [2.05, 4.69) is 41.8 Å². The van der Waals surface area contributed by atoms with Crippen LogP contribution in [0.1, 0.15) is 36.0 Å². The number of aromatic nitrogens is 5. The molecule has 1 aliphatic heterocycles. The molecule has 0 bridgehead atoms. The molecule has 5 rings (SSSR count). The first-order valence-corrected chi connectivity index (χ1v) is 11.1. The number of hydrogen-bond acceptors (Lipinski definition) is 6. The number of nitrogens with zero attached hydrogens (tertiary/aromatic N) is 6. The van der Waals surface area contributed by atoms with Gasteiger partial charge in [-0.05, 0) is 48.7 Å². The Morgan fingerprint density at radius 2 is 1.61 bits per heavy atom. The van der Waals surface area contributed by atoms with E-state index in [4.69, 9.17) is 4.74 Å². The lowest BCUT2D eigenvalue weighted by atomic mass is 9.96. The summed E-state index contributed by atoms with van der Waals surface area (Å²) in [5.41, 5.74) is 1.18. The Kier molecular flexibility index (Phi) is 6.23. The summed E-state index contributed by atoms with van der Waals surface area (Å²) in [4.78, 5) is 11.0. The predicted molar refractivity (Wildman–Crippen MR) is 123 cm³/mol. The molecule has 0 aliphatic carbocycles. The Morgan fingerprint density at radius 1 is 0.879 bits per heavy atom. The molecular weight excluding hydrogens is 419 g/mol. The van der Waals surface area contributed by atoms with Crippen LogP contribution in [0.5, 0.6) is 5.75 Å². The van der Waals surface area contributed by atoms with Gasteiger partial charge in [-0.3, -0.25) is 0 Å². The van der Waals surface area contributed by atoms with E-state index in [1.807, 2.05) is 24.3 Å². The second kappa shape index (κ2) is 9.77. The number of halogens is 1. The van der Waals surface area contributed by atoms with Gasteiger partial charge in [0.2, 0.25) is 5.95 Å². The van der Waals surface area contributed by atoms with Crippen LogP contribution in [-0.2, 0) is 13.2 Å². The Morgan fingerprint density at radius 3 is 2.33 bits per heavy atom. The van der Waals surface area contributed by atoms with E-state index in [0.29, 0.717) is 18.2 Å². The van der Waals surface area contributed by atoms with Crippen molar-refractivity contribution in [2.24, 2.45) is 0 Å². The molecule has 2 aromatic carbocycles. The van der Waals surface area contributed by atoms with Crippen molar-refractivity contribution in [1.82, 2.24) is 24.7 Å². The van der Waals surface area contributed by atoms with Gasteiger partial charge in [-0.1, -0.05) is 30.3 Å². The number of benzene rings is 2. The van der Waals surface area contributed by atoms with Crippen LogP contribution in [-0.4, -0.2) is 37.8 Å². The minimum Gasteiger partial charge on any atom is -0.486 e. The molecule has 7 nitrogen and oxygen atoms in total. The lowest BCUT2D eigenvalue weighted by molar-refractivity contribution is 0.288. The zero-order valence-corrected chi connectivity index (χ0v) is 18.2. The molecular formula is C25H25FN6O. The molecule has 0 N–H and O–H groups in total. The summed E-state index contributed by atoms with van der Waals surface area (Å²) in [6.07, 6.45) is 5.45. The van der Waals surface area contributed by atoms with Crippen molar-refractivity contribution in [1.29, 1.82) is 0 Å². The summed E-state index contributed by atoms with van der Waals surface area (Å²) in [7, 11) is 0. The molecule has 4 aromatic rings. The second-order valence-electron chi connectivity index (χ2n) is 8.10. The Bertz CT molecular complexity index is 1160. The molecule has 0 saturated carbocycles. The van der Waals surface area contributed by atoms with Crippen LogP contribution in [0.2, 0.25) is 0 Å². The average Bonchev–Trinajstić information content (AvgIpc) is 3.27. The fourth-order valence-corrected chi connectivity index (χ4v) is 4.17. The summed E-state index contributed by atoms with van der Waals surface area (Å²) in [6, 6.07) is 18.1. The maximum Gasteiger partial charge on any atom is 0.225 e. The van der Waals surface area contributed by atoms with E-state index in [-0.39, 0.29) is 12.4 Å². The van der Waals surface area contributed by atoms with Crippen molar-refractivity contribution in [3.8, 4) is 5.75 Å². The highest BCUT2D eigenvalue weighted by atomic mass is 19.1. The Hall–Kier alpha value is -3.81. The normalized spacial score (nSPS) is 14.4. The molecule has 0 unspecified atom stereocenters. The lowest BCUT2D eigenvalue weighted by Gasteiger charge is -2.31. The number of ether oxygens (including phenoxy) is 1. The Labute approximate surface area is 191 Å². The minimum atomic E-state index is -0.288. The number of anilines is 1. The summed E-state index contributed by atoms with van der Waals surface area (Å²) in [5.74, 6) is 3.11. The predicted octanol–water partition coefficient (Wildman–Crippen LogP) is 4.22. The fourth-order valence-electron chi connectivity index (χ4n) is 4.17. The van der Waals surface area contributed by atoms with Gasteiger partial charge in [0.1, 0.15) is 24.0 Å². The molecule has 2 aromatic heterocycles. The largest absolute Gasteiger partial charge is 0.486 e. The zero-order valence-electron chi connectivity index (χ0n) is 18.2. The van der Waals surface area contributed by atoms with Gasteiger partial charge in [0.05, 0.1) is 6.54 Å². The minimum absolute atomic E-state index is 0.266. The maximum atomic E-state index is 13.2. The monoisotopic (exact) mass is 444 g/mol. The smallest absolute Gasteiger partial charge is 0.225 e. The molecule has 0 spiro atoms. The van der Waals surface area contributed by atoms with Crippen LogP contribution in [0.15, 0.2) is 73.1 Å². The average molecular weight is 445 g/mol. The summed E-state index contributed by atoms with van der Waals surface area (Å²) >= 11 is 0. The maximum absolute atomic E-state index is 13.2. The van der Waals surface area contributed by atoms with Crippen molar-refractivity contribution in [3.05, 3.63) is 96.1 Å². The molecule has 0 atom stereocenters. The van der Waals surface area contributed by atoms with Crippen molar-refractivity contribution < 1.29 is 9.13 Å². The van der Waals surface area contributed by atoms with Gasteiger partial charge < -0.3 is 14.2 Å². The molecule has 3 heterocycles. The quantitative estimate of drug-likeness (QED) is 0.425. The molecule has 0 amide bonds. The third-order valence-electron chi connectivity index (χ3n) is 5.92. The molecule has 0 radical (unpaired) electrons. The lowest BCUT2D eigenvalue weighted by Crippen LogP contribution is -2.35. The SMILES string of the molecule is Fc1ccc(OCc2nnc(C3CCN(c4ncccn4)CC3)n2Cc2ccccc2)cc1. The van der Waals surface area contributed by atoms with E-state index in [9.17, 15) is 4.39 Å². The first-order valence-electron chi connectivity index (χ1n) is 11.1. The van der Waals surface area contributed by atoms with E-state index in [1.165, 1.54) is 17.7 Å². The van der Waals surface area contributed by atoms with Crippen LogP contribution in [0.3, 0.4) is 0 Å². The van der Waals surface area contributed by atoms with Gasteiger partial charge in [0.25, 0.3) is 0 Å². The van der Waals surface area contributed by atoms with E-state index < -0.39 is 0 Å². The Balaban J connectivity index is 1.34. The summed E-state index contributed by atoms with van der Waals surface area (Å²) in [5, 5.41) is 9.06. The first-order chi connectivity index (χ1) is 16.3. The van der Waals surface area contributed by atoms with Gasteiger partial charge >= 0.3 is 0 Å². The highest BCUT2D eigenvalue weighted by Crippen LogP contribution is 2.29. The summed E-state index contributed by atoms with van der Waals surface area (Å²) < 4.78 is 21.3. The third-order valence-corrected chi connectivity index (χ3v) is 5.92. The van der Waals surface area contributed by atoms with Crippen LogP contribution in [0.25, 0.3) is 0 Å². The summed E-state index contributed by atoms with van der Waals surface area (Å²) in [6.45, 7) is 2.68. The van der Waals surface area contributed by atoms with Crippen LogP contribution < -0.4 is 9.64 Å². The van der Waals surface area contributed by atoms with Crippen molar-refractivity contribution in [2.75, 3.05) is 18.0 Å². The number of piperidine rings is 1. The van der Waals surface area contributed by atoms with Crippen molar-refractivity contribution in [3.63, 3.8) is 0 Å². The standard InChI is InChI=1S/C25H25FN6O/c26-21-7-9-22(10-8-21)33-18-23-29-30-24(32(23)17-19-5-2-1-3-6-19)20-11-15-31(16-12-20)25-27-13-4-14-28-25/h1-10,13-14,20H,11-12,15-18H2. The second-order valence-corrected chi connectivity index (χ2v) is 8.10. The highest BCUT2D eigenvalue weighted by molar-refractivity contribution is 5.30. The molecule has 33 heavy (non-hydrogen) atoms. The highest BCUT2D eigenvalue weighted by Gasteiger charge is 2.27. The van der Waals surface area contributed by atoms with Gasteiger partial charge in [-0.15, -0.1) is 10.2 Å².